The van der Waals surface area contributed by atoms with E-state index in [4.69, 9.17) is 9.47 Å². The summed E-state index contributed by atoms with van der Waals surface area (Å²) < 4.78 is 10.5. The number of hydrogen-bond acceptors (Lipinski definition) is 5. The number of aryl methyl sites for hydroxylation is 2. The van der Waals surface area contributed by atoms with Crippen molar-refractivity contribution in [2.24, 2.45) is 0 Å². The second kappa shape index (κ2) is 10.5. The van der Waals surface area contributed by atoms with Crippen molar-refractivity contribution in [3.63, 3.8) is 0 Å². The summed E-state index contributed by atoms with van der Waals surface area (Å²) in [4.78, 5) is 26.5. The third-order valence-corrected chi connectivity index (χ3v) is 6.96. The van der Waals surface area contributed by atoms with E-state index in [2.05, 4.69) is 15.9 Å². The van der Waals surface area contributed by atoms with E-state index < -0.39 is 16.6 Å². The van der Waals surface area contributed by atoms with Gasteiger partial charge in [0.15, 0.2) is 5.78 Å². The molecule has 0 aliphatic carbocycles. The minimum absolute atomic E-state index is 0.160. The fraction of sp³-hybridized carbons (Fsp3) is 0.417. The molecular formula is C24H29BrO4S. The molecule has 0 fully saturated rings. The number of ketones is 1. The number of carbonyl (C=O) groups is 2. The lowest BCUT2D eigenvalue weighted by Crippen LogP contribution is -2.38. The molecule has 0 heterocycles. The van der Waals surface area contributed by atoms with Crippen LogP contribution in [0, 0.1) is 13.8 Å². The van der Waals surface area contributed by atoms with Crippen LogP contribution in [0.25, 0.3) is 0 Å². The molecule has 0 spiro atoms. The first-order valence-electron chi connectivity index (χ1n) is 9.85. The number of benzene rings is 2. The minimum Gasteiger partial charge on any atom is -0.497 e. The summed E-state index contributed by atoms with van der Waals surface area (Å²) in [7, 11) is 1.63. The molecule has 0 N–H and O–H groups in total. The summed E-state index contributed by atoms with van der Waals surface area (Å²) in [5.41, 5.74) is 3.72. The van der Waals surface area contributed by atoms with Crippen LogP contribution in [0.3, 0.4) is 0 Å². The van der Waals surface area contributed by atoms with Gasteiger partial charge in [0.25, 0.3) is 0 Å². The van der Waals surface area contributed by atoms with Crippen LogP contribution >= 0.6 is 27.7 Å². The van der Waals surface area contributed by atoms with Crippen LogP contribution in [0.5, 0.6) is 5.75 Å². The van der Waals surface area contributed by atoms with Crippen LogP contribution in [-0.4, -0.2) is 30.2 Å². The number of methoxy groups -OCH3 is 1. The summed E-state index contributed by atoms with van der Waals surface area (Å²) in [6.07, 6.45) is 0. The summed E-state index contributed by atoms with van der Waals surface area (Å²) in [6.45, 7) is 9.62. The predicted molar refractivity (Wildman–Crippen MR) is 126 cm³/mol. The molecule has 30 heavy (non-hydrogen) atoms. The van der Waals surface area contributed by atoms with E-state index in [9.17, 15) is 9.59 Å². The Labute approximate surface area is 191 Å². The van der Waals surface area contributed by atoms with Gasteiger partial charge in [0.2, 0.25) is 0 Å². The van der Waals surface area contributed by atoms with Gasteiger partial charge in [-0.25, -0.2) is 0 Å². The van der Waals surface area contributed by atoms with Crippen molar-refractivity contribution < 1.29 is 19.1 Å². The van der Waals surface area contributed by atoms with Gasteiger partial charge < -0.3 is 9.47 Å². The molecule has 0 aromatic heterocycles. The molecule has 0 radical (unpaired) electrons. The quantitative estimate of drug-likeness (QED) is 0.317. The zero-order chi connectivity index (χ0) is 22.5. The van der Waals surface area contributed by atoms with Gasteiger partial charge in [0.05, 0.1) is 18.5 Å². The Kier molecular flexibility index (Phi) is 8.56. The van der Waals surface area contributed by atoms with Gasteiger partial charge in [-0.3, -0.25) is 9.59 Å². The van der Waals surface area contributed by atoms with Crippen LogP contribution < -0.4 is 4.74 Å². The highest BCUT2D eigenvalue weighted by Gasteiger charge is 2.41. The van der Waals surface area contributed by atoms with Gasteiger partial charge in [-0.1, -0.05) is 34.1 Å². The largest absolute Gasteiger partial charge is 0.497 e. The number of Topliss-reactive ketones (excluding diaryl/α,β-unsaturated/α-hetero) is 1. The standard InChI is InChI=1S/C24H29BrO4S/c1-7-29-23(27)21(20-16(3)12-15(2)13-19(20)25)22(26)24(4,5)30-14-17-8-10-18(28-6)11-9-17/h8-13,21H,7,14H2,1-6H3. The van der Waals surface area contributed by atoms with Crippen molar-refractivity contribution in [2.75, 3.05) is 13.7 Å². The summed E-state index contributed by atoms with van der Waals surface area (Å²) in [5, 5.41) is 0. The molecule has 6 heteroatoms. The Hall–Kier alpha value is -1.79. The van der Waals surface area contributed by atoms with Crippen molar-refractivity contribution in [2.45, 2.75) is 51.0 Å². The fourth-order valence-electron chi connectivity index (χ4n) is 3.28. The average Bonchev–Trinajstić information content (AvgIpc) is 2.69. The molecule has 2 rings (SSSR count). The smallest absolute Gasteiger partial charge is 0.321 e. The molecule has 1 unspecified atom stereocenters. The maximum absolute atomic E-state index is 13.6. The van der Waals surface area contributed by atoms with Crippen molar-refractivity contribution in [3.8, 4) is 5.75 Å². The zero-order valence-corrected chi connectivity index (χ0v) is 20.8. The third-order valence-electron chi connectivity index (χ3n) is 4.91. The second-order valence-corrected chi connectivity index (χ2v) is 10.1. The highest BCUT2D eigenvalue weighted by atomic mass is 79.9. The lowest BCUT2D eigenvalue weighted by Gasteiger charge is -2.28. The number of ether oxygens (including phenoxy) is 2. The number of halogens is 1. The SMILES string of the molecule is CCOC(=O)C(C(=O)C(C)(C)SCc1ccc(OC)cc1)c1c(C)cc(C)cc1Br. The van der Waals surface area contributed by atoms with E-state index in [0.717, 1.165) is 26.9 Å². The Morgan fingerprint density at radius 2 is 1.77 bits per heavy atom. The first-order valence-corrected chi connectivity index (χ1v) is 11.6. The van der Waals surface area contributed by atoms with E-state index in [1.165, 1.54) is 11.8 Å². The molecule has 0 saturated carbocycles. The molecule has 2 aromatic rings. The normalized spacial score (nSPS) is 12.4. The van der Waals surface area contributed by atoms with Crippen molar-refractivity contribution in [1.29, 1.82) is 0 Å². The molecule has 0 aliphatic rings. The third kappa shape index (κ3) is 5.88. The first-order chi connectivity index (χ1) is 14.1. The number of hydrogen-bond donors (Lipinski definition) is 0. The monoisotopic (exact) mass is 492 g/mol. The van der Waals surface area contributed by atoms with Crippen molar-refractivity contribution in [1.82, 2.24) is 0 Å². The van der Waals surface area contributed by atoms with Gasteiger partial charge >= 0.3 is 5.97 Å². The van der Waals surface area contributed by atoms with Crippen LogP contribution in [-0.2, 0) is 20.1 Å². The maximum Gasteiger partial charge on any atom is 0.321 e. The lowest BCUT2D eigenvalue weighted by molar-refractivity contribution is -0.148. The topological polar surface area (TPSA) is 52.6 Å². The number of carbonyl (C=O) groups excluding carboxylic acids is 2. The Morgan fingerprint density at radius 1 is 1.13 bits per heavy atom. The summed E-state index contributed by atoms with van der Waals surface area (Å²) >= 11 is 5.08. The van der Waals surface area contributed by atoms with Crippen molar-refractivity contribution in [3.05, 3.63) is 63.1 Å². The Bertz CT molecular complexity index is 883. The van der Waals surface area contributed by atoms with E-state index in [-0.39, 0.29) is 12.4 Å². The fourth-order valence-corrected chi connectivity index (χ4v) is 5.16. The number of esters is 1. The minimum atomic E-state index is -0.974. The molecule has 162 valence electrons. The summed E-state index contributed by atoms with van der Waals surface area (Å²) in [6, 6.07) is 11.7. The molecule has 0 saturated heterocycles. The Balaban J connectivity index is 2.32. The van der Waals surface area contributed by atoms with Crippen LogP contribution in [0.15, 0.2) is 40.9 Å². The summed E-state index contributed by atoms with van der Waals surface area (Å²) in [5.74, 6) is -0.202. The molecule has 2 aromatic carbocycles. The highest BCUT2D eigenvalue weighted by Crippen LogP contribution is 2.39. The molecule has 0 aliphatic heterocycles. The van der Waals surface area contributed by atoms with E-state index in [0.29, 0.717) is 11.3 Å². The molecular weight excluding hydrogens is 464 g/mol. The second-order valence-electron chi connectivity index (χ2n) is 7.67. The van der Waals surface area contributed by atoms with Crippen molar-refractivity contribution >= 4 is 39.4 Å². The van der Waals surface area contributed by atoms with Gasteiger partial charge in [-0.15, -0.1) is 11.8 Å². The average molecular weight is 493 g/mol. The number of thioether (sulfide) groups is 1. The van der Waals surface area contributed by atoms with E-state index in [1.807, 2.05) is 64.1 Å². The van der Waals surface area contributed by atoms with Gasteiger partial charge in [0, 0.05) is 10.2 Å². The van der Waals surface area contributed by atoms with Gasteiger partial charge in [0.1, 0.15) is 11.7 Å². The predicted octanol–water partition coefficient (Wildman–Crippen LogP) is 6.00. The molecule has 4 nitrogen and oxygen atoms in total. The van der Waals surface area contributed by atoms with Gasteiger partial charge in [-0.2, -0.15) is 0 Å². The van der Waals surface area contributed by atoms with E-state index >= 15 is 0 Å². The molecule has 0 bridgehead atoms. The lowest BCUT2D eigenvalue weighted by atomic mass is 9.85. The van der Waals surface area contributed by atoms with Crippen LogP contribution in [0.4, 0.5) is 0 Å². The van der Waals surface area contributed by atoms with Gasteiger partial charge in [-0.05, 0) is 75.1 Å². The molecule has 1 atom stereocenters. The zero-order valence-electron chi connectivity index (χ0n) is 18.4. The highest BCUT2D eigenvalue weighted by molar-refractivity contribution is 9.10. The first kappa shape index (κ1) is 24.5. The molecule has 0 amide bonds. The maximum atomic E-state index is 13.6. The number of rotatable bonds is 9. The van der Waals surface area contributed by atoms with E-state index in [1.54, 1.807) is 14.0 Å². The van der Waals surface area contributed by atoms with Crippen LogP contribution in [0.2, 0.25) is 0 Å². The van der Waals surface area contributed by atoms with Crippen LogP contribution in [0.1, 0.15) is 48.9 Å². The Morgan fingerprint density at radius 3 is 2.30 bits per heavy atom.